The van der Waals surface area contributed by atoms with Gasteiger partial charge in [-0.25, -0.2) is 0 Å². The lowest BCUT2D eigenvalue weighted by Crippen LogP contribution is -2.16. The van der Waals surface area contributed by atoms with E-state index in [9.17, 15) is 4.79 Å². The van der Waals surface area contributed by atoms with Gasteiger partial charge >= 0.3 is 0 Å². The summed E-state index contributed by atoms with van der Waals surface area (Å²) in [4.78, 5) is 11.1. The third-order valence-corrected chi connectivity index (χ3v) is 1.68. The van der Waals surface area contributed by atoms with Gasteiger partial charge in [0.05, 0.1) is 0 Å². The monoisotopic (exact) mass is 187 g/mol. The van der Waals surface area contributed by atoms with E-state index in [1.54, 1.807) is 13.1 Å². The predicted octanol–water partition coefficient (Wildman–Crippen LogP) is 2.35. The molecular weight excluding hydrogens is 174 g/mol. The molecule has 72 valence electrons. The fraction of sp³-hybridized carbons (Fsp3) is 0.0833. The van der Waals surface area contributed by atoms with Crippen LogP contribution in [0.15, 0.2) is 48.7 Å². The average Bonchev–Trinajstić information content (AvgIpc) is 2.19. The molecule has 14 heavy (non-hydrogen) atoms. The van der Waals surface area contributed by atoms with Gasteiger partial charge in [0.2, 0.25) is 5.91 Å². The third-order valence-electron chi connectivity index (χ3n) is 1.68. The molecule has 2 nitrogen and oxygen atoms in total. The molecule has 2 heteroatoms. The lowest BCUT2D eigenvalue weighted by Gasteiger charge is -1.97. The van der Waals surface area contributed by atoms with Crippen molar-refractivity contribution in [3.8, 4) is 0 Å². The minimum Gasteiger partial charge on any atom is -0.329 e. The maximum absolute atomic E-state index is 11.1. The first kappa shape index (κ1) is 10.3. The zero-order valence-electron chi connectivity index (χ0n) is 8.16. The van der Waals surface area contributed by atoms with Gasteiger partial charge < -0.3 is 5.32 Å². The van der Waals surface area contributed by atoms with E-state index in [1.165, 1.54) is 0 Å². The average molecular weight is 187 g/mol. The van der Waals surface area contributed by atoms with E-state index in [2.05, 4.69) is 11.9 Å². The van der Waals surface area contributed by atoms with Crippen molar-refractivity contribution in [1.29, 1.82) is 0 Å². The van der Waals surface area contributed by atoms with E-state index in [4.69, 9.17) is 0 Å². The summed E-state index contributed by atoms with van der Waals surface area (Å²) in [6.07, 6.45) is 3.45. The Morgan fingerprint density at radius 2 is 2.00 bits per heavy atom. The summed E-state index contributed by atoms with van der Waals surface area (Å²) >= 11 is 0. The minimum atomic E-state index is -0.155. The Kier molecular flexibility index (Phi) is 3.68. The molecule has 0 aliphatic rings. The molecule has 0 saturated heterocycles. The Labute approximate surface area is 84.0 Å². The molecule has 1 aromatic rings. The Balaban J connectivity index is 2.50. The van der Waals surface area contributed by atoms with Crippen LogP contribution in [0.5, 0.6) is 0 Å². The normalized spacial score (nSPS) is 10.1. The quantitative estimate of drug-likeness (QED) is 0.723. The molecule has 0 unspecified atom stereocenters. The van der Waals surface area contributed by atoms with Crippen LogP contribution < -0.4 is 5.32 Å². The third kappa shape index (κ3) is 3.27. The molecule has 1 aromatic carbocycles. The van der Waals surface area contributed by atoms with Crippen molar-refractivity contribution in [2.24, 2.45) is 0 Å². The highest BCUT2D eigenvalue weighted by Crippen LogP contribution is 1.99. The summed E-state index contributed by atoms with van der Waals surface area (Å²) in [6, 6.07) is 9.76. The smallest absolute Gasteiger partial charge is 0.250 e. The number of nitrogens with one attached hydrogen (secondary N) is 1. The van der Waals surface area contributed by atoms with Crippen molar-refractivity contribution < 1.29 is 4.79 Å². The van der Waals surface area contributed by atoms with Crippen LogP contribution >= 0.6 is 0 Å². The van der Waals surface area contributed by atoms with Crippen LogP contribution in [-0.2, 0) is 4.79 Å². The number of carbonyl (C=O) groups is 1. The second-order valence-corrected chi connectivity index (χ2v) is 3.00. The Hall–Kier alpha value is -1.83. The van der Waals surface area contributed by atoms with Crippen LogP contribution in [-0.4, -0.2) is 5.91 Å². The predicted molar refractivity (Wildman–Crippen MR) is 58.4 cm³/mol. The fourth-order valence-corrected chi connectivity index (χ4v) is 0.901. The molecule has 0 atom stereocenters. The van der Waals surface area contributed by atoms with Gasteiger partial charge in [0.15, 0.2) is 0 Å². The summed E-state index contributed by atoms with van der Waals surface area (Å²) in [5.74, 6) is -0.155. The van der Waals surface area contributed by atoms with E-state index in [1.807, 2.05) is 36.4 Å². The van der Waals surface area contributed by atoms with Crippen LogP contribution in [0, 0.1) is 0 Å². The van der Waals surface area contributed by atoms with Crippen molar-refractivity contribution >= 4 is 12.0 Å². The van der Waals surface area contributed by atoms with Crippen molar-refractivity contribution in [3.63, 3.8) is 0 Å². The van der Waals surface area contributed by atoms with Crippen LogP contribution in [0.4, 0.5) is 0 Å². The standard InChI is InChI=1S/C12H13NO/c1-10(2)12(14)13-9-8-11-6-4-3-5-7-11/h3-9H,1H2,2H3,(H,13,14). The van der Waals surface area contributed by atoms with Gasteiger partial charge in [-0.2, -0.15) is 0 Å². The lowest BCUT2D eigenvalue weighted by atomic mass is 10.2. The first-order chi connectivity index (χ1) is 6.70. The molecule has 0 radical (unpaired) electrons. The van der Waals surface area contributed by atoms with Crippen LogP contribution in [0.1, 0.15) is 12.5 Å². The molecule has 0 bridgehead atoms. The Bertz CT molecular complexity index is 352. The van der Waals surface area contributed by atoms with Gasteiger partial charge in [0.1, 0.15) is 0 Å². The minimum absolute atomic E-state index is 0.155. The highest BCUT2D eigenvalue weighted by Gasteiger charge is 1.95. The molecule has 0 saturated carbocycles. The maximum atomic E-state index is 11.1. The molecule has 1 amide bonds. The van der Waals surface area contributed by atoms with Gasteiger partial charge in [-0.15, -0.1) is 0 Å². The molecule has 0 heterocycles. The van der Waals surface area contributed by atoms with Crippen LogP contribution in [0.2, 0.25) is 0 Å². The van der Waals surface area contributed by atoms with Crippen molar-refractivity contribution in [2.75, 3.05) is 0 Å². The molecule has 1 N–H and O–H groups in total. The fourth-order valence-electron chi connectivity index (χ4n) is 0.901. The second kappa shape index (κ2) is 5.02. The Morgan fingerprint density at radius 3 is 2.57 bits per heavy atom. The van der Waals surface area contributed by atoms with Gasteiger partial charge in [-0.05, 0) is 18.6 Å². The highest BCUT2D eigenvalue weighted by atomic mass is 16.1. The highest BCUT2D eigenvalue weighted by molar-refractivity contribution is 5.93. The van der Waals surface area contributed by atoms with Crippen molar-refractivity contribution in [3.05, 3.63) is 54.2 Å². The van der Waals surface area contributed by atoms with E-state index in [0.29, 0.717) is 5.57 Å². The summed E-state index contributed by atoms with van der Waals surface area (Å²) in [6.45, 7) is 5.21. The molecule has 0 aliphatic heterocycles. The molecule has 0 fully saturated rings. The molecule has 0 aromatic heterocycles. The molecule has 0 spiro atoms. The van der Waals surface area contributed by atoms with Gasteiger partial charge in [0.25, 0.3) is 0 Å². The number of benzene rings is 1. The number of carbonyl (C=O) groups excluding carboxylic acids is 1. The zero-order chi connectivity index (χ0) is 10.4. The summed E-state index contributed by atoms with van der Waals surface area (Å²) in [5.41, 5.74) is 1.55. The van der Waals surface area contributed by atoms with Gasteiger partial charge in [-0.3, -0.25) is 4.79 Å². The van der Waals surface area contributed by atoms with E-state index < -0.39 is 0 Å². The molecular formula is C12H13NO. The van der Waals surface area contributed by atoms with E-state index >= 15 is 0 Å². The lowest BCUT2D eigenvalue weighted by molar-refractivity contribution is -0.116. The maximum Gasteiger partial charge on any atom is 0.250 e. The van der Waals surface area contributed by atoms with Gasteiger partial charge in [-0.1, -0.05) is 36.9 Å². The zero-order valence-corrected chi connectivity index (χ0v) is 8.16. The largest absolute Gasteiger partial charge is 0.329 e. The number of amides is 1. The number of rotatable bonds is 3. The summed E-state index contributed by atoms with van der Waals surface area (Å²) in [5, 5.41) is 2.61. The first-order valence-corrected chi connectivity index (χ1v) is 4.38. The van der Waals surface area contributed by atoms with Gasteiger partial charge in [0, 0.05) is 11.8 Å². The Morgan fingerprint density at radius 1 is 1.36 bits per heavy atom. The van der Waals surface area contributed by atoms with E-state index in [-0.39, 0.29) is 5.91 Å². The molecule has 0 aliphatic carbocycles. The number of hydrogen-bond acceptors (Lipinski definition) is 1. The number of hydrogen-bond donors (Lipinski definition) is 1. The SMILES string of the molecule is C=C(C)C(=O)NC=Cc1ccccc1. The summed E-state index contributed by atoms with van der Waals surface area (Å²) < 4.78 is 0. The molecule has 1 rings (SSSR count). The topological polar surface area (TPSA) is 29.1 Å². The second-order valence-electron chi connectivity index (χ2n) is 3.00. The first-order valence-electron chi connectivity index (χ1n) is 4.38. The van der Waals surface area contributed by atoms with E-state index in [0.717, 1.165) is 5.56 Å². The van der Waals surface area contributed by atoms with Crippen molar-refractivity contribution in [1.82, 2.24) is 5.32 Å². The van der Waals surface area contributed by atoms with Crippen LogP contribution in [0.3, 0.4) is 0 Å². The van der Waals surface area contributed by atoms with Crippen LogP contribution in [0.25, 0.3) is 6.08 Å². The van der Waals surface area contributed by atoms with Crippen molar-refractivity contribution in [2.45, 2.75) is 6.92 Å². The summed E-state index contributed by atoms with van der Waals surface area (Å²) in [7, 11) is 0.